The molecule has 2 unspecified atom stereocenters. The molecule has 0 amide bonds. The van der Waals surface area contributed by atoms with E-state index in [9.17, 15) is 0 Å². The lowest BCUT2D eigenvalue weighted by Crippen LogP contribution is -2.43. The summed E-state index contributed by atoms with van der Waals surface area (Å²) in [5.74, 6) is 0. The molecule has 59 valence electrons. The lowest BCUT2D eigenvalue weighted by atomic mass is 9.98. The Balaban J connectivity index is 2.45. The van der Waals surface area contributed by atoms with Gasteiger partial charge < -0.3 is 0 Å². The molecule has 0 aliphatic carbocycles. The van der Waals surface area contributed by atoms with Gasteiger partial charge in [-0.15, -0.1) is 0 Å². The van der Waals surface area contributed by atoms with E-state index in [1.165, 1.54) is 19.3 Å². The first kappa shape index (κ1) is 8.06. The van der Waals surface area contributed by atoms with Gasteiger partial charge in [-0.3, -0.25) is 4.90 Å². The number of hydrogen-bond acceptors (Lipinski definition) is 1. The lowest BCUT2D eigenvalue weighted by Gasteiger charge is -2.38. The fraction of sp³-hybridized carbons (Fsp3) is 0.889. The van der Waals surface area contributed by atoms with Crippen LogP contribution < -0.4 is 0 Å². The van der Waals surface area contributed by atoms with E-state index in [1.807, 2.05) is 0 Å². The van der Waals surface area contributed by atoms with Crippen LogP contribution in [0, 0.1) is 6.92 Å². The molecule has 1 radical (unpaired) electrons. The van der Waals surface area contributed by atoms with Crippen molar-refractivity contribution in [1.82, 2.24) is 4.90 Å². The smallest absolute Gasteiger partial charge is 0.00697 e. The Morgan fingerprint density at radius 3 is 2.10 bits per heavy atom. The molecule has 0 aromatic heterocycles. The number of likely N-dealkylation sites (tertiary alicyclic amines) is 1. The van der Waals surface area contributed by atoms with Gasteiger partial charge in [0, 0.05) is 12.1 Å². The highest BCUT2D eigenvalue weighted by Gasteiger charge is 2.22. The molecule has 0 N–H and O–H groups in total. The Morgan fingerprint density at radius 2 is 1.80 bits per heavy atom. The fourth-order valence-electron chi connectivity index (χ4n) is 1.92. The molecule has 1 nitrogen and oxygen atoms in total. The first-order chi connectivity index (χ1) is 4.75. The van der Waals surface area contributed by atoms with E-state index >= 15 is 0 Å². The van der Waals surface area contributed by atoms with Crippen LogP contribution in [0.15, 0.2) is 0 Å². The Morgan fingerprint density at radius 1 is 1.30 bits per heavy atom. The highest BCUT2D eigenvalue weighted by molar-refractivity contribution is 4.79. The second-order valence-electron chi connectivity index (χ2n) is 3.37. The molecular weight excluding hydrogens is 122 g/mol. The maximum absolute atomic E-state index is 3.94. The van der Waals surface area contributed by atoms with Crippen molar-refractivity contribution in [2.45, 2.75) is 45.2 Å². The molecule has 10 heavy (non-hydrogen) atoms. The van der Waals surface area contributed by atoms with Gasteiger partial charge in [-0.2, -0.15) is 0 Å². The van der Waals surface area contributed by atoms with Crippen LogP contribution in [-0.2, 0) is 0 Å². The van der Waals surface area contributed by atoms with Gasteiger partial charge in [0.1, 0.15) is 0 Å². The van der Waals surface area contributed by atoms with Crippen molar-refractivity contribution in [3.63, 3.8) is 0 Å². The third-order valence-electron chi connectivity index (χ3n) is 2.63. The SMILES string of the molecule is [CH2]CN1C(C)CCCC1C. The zero-order valence-electron chi connectivity index (χ0n) is 7.14. The van der Waals surface area contributed by atoms with Crippen molar-refractivity contribution in [3.8, 4) is 0 Å². The Hall–Kier alpha value is -0.0400. The minimum absolute atomic E-state index is 0.765. The van der Waals surface area contributed by atoms with Crippen LogP contribution in [-0.4, -0.2) is 23.5 Å². The largest absolute Gasteiger partial charge is 0.298 e. The maximum atomic E-state index is 3.94. The van der Waals surface area contributed by atoms with E-state index in [0.29, 0.717) is 0 Å². The zero-order chi connectivity index (χ0) is 7.56. The van der Waals surface area contributed by atoms with E-state index in [-0.39, 0.29) is 0 Å². The van der Waals surface area contributed by atoms with Gasteiger partial charge in [0.15, 0.2) is 0 Å². The minimum atomic E-state index is 0.765. The lowest BCUT2D eigenvalue weighted by molar-refractivity contribution is 0.118. The van der Waals surface area contributed by atoms with E-state index < -0.39 is 0 Å². The summed E-state index contributed by atoms with van der Waals surface area (Å²) in [4.78, 5) is 2.49. The molecule has 1 heteroatoms. The monoisotopic (exact) mass is 140 g/mol. The second kappa shape index (κ2) is 3.38. The predicted molar refractivity (Wildman–Crippen MR) is 44.8 cm³/mol. The van der Waals surface area contributed by atoms with Crippen molar-refractivity contribution in [2.75, 3.05) is 6.54 Å². The van der Waals surface area contributed by atoms with E-state index in [1.54, 1.807) is 0 Å². The molecule has 0 saturated carbocycles. The van der Waals surface area contributed by atoms with Gasteiger partial charge in [0.05, 0.1) is 0 Å². The highest BCUT2D eigenvalue weighted by atomic mass is 15.2. The van der Waals surface area contributed by atoms with Crippen molar-refractivity contribution in [3.05, 3.63) is 6.92 Å². The average molecular weight is 140 g/mol. The summed E-state index contributed by atoms with van der Waals surface area (Å²) in [5.41, 5.74) is 0. The predicted octanol–water partition coefficient (Wildman–Crippen LogP) is 2.08. The molecule has 2 atom stereocenters. The van der Waals surface area contributed by atoms with E-state index in [4.69, 9.17) is 0 Å². The van der Waals surface area contributed by atoms with Crippen LogP contribution in [0.4, 0.5) is 0 Å². The van der Waals surface area contributed by atoms with Crippen molar-refractivity contribution < 1.29 is 0 Å². The number of rotatable bonds is 1. The quantitative estimate of drug-likeness (QED) is 0.539. The molecule has 1 fully saturated rings. The summed E-state index contributed by atoms with van der Waals surface area (Å²) in [6, 6.07) is 1.53. The molecule has 1 rings (SSSR count). The summed E-state index contributed by atoms with van der Waals surface area (Å²) >= 11 is 0. The fourth-order valence-corrected chi connectivity index (χ4v) is 1.92. The standard InChI is InChI=1S/C9H18N/c1-4-10-8(2)6-5-7-9(10)3/h8-9H,1,4-7H2,2-3H3. The summed E-state index contributed by atoms with van der Waals surface area (Å²) in [6.07, 6.45) is 4.12. The van der Waals surface area contributed by atoms with Gasteiger partial charge >= 0.3 is 0 Å². The van der Waals surface area contributed by atoms with Gasteiger partial charge in [0.2, 0.25) is 0 Å². The average Bonchev–Trinajstić information content (AvgIpc) is 1.88. The van der Waals surface area contributed by atoms with Crippen LogP contribution in [0.2, 0.25) is 0 Å². The zero-order valence-corrected chi connectivity index (χ0v) is 7.14. The summed E-state index contributed by atoms with van der Waals surface area (Å²) in [6.45, 7) is 9.52. The van der Waals surface area contributed by atoms with Crippen LogP contribution in [0.25, 0.3) is 0 Å². The molecular formula is C9H18N. The Labute approximate surface area is 64.4 Å². The third kappa shape index (κ3) is 1.51. The second-order valence-corrected chi connectivity index (χ2v) is 3.37. The Kier molecular flexibility index (Phi) is 2.72. The summed E-state index contributed by atoms with van der Waals surface area (Å²) < 4.78 is 0. The van der Waals surface area contributed by atoms with Gasteiger partial charge in [-0.1, -0.05) is 6.42 Å². The van der Waals surface area contributed by atoms with Crippen LogP contribution >= 0.6 is 0 Å². The van der Waals surface area contributed by atoms with E-state index in [0.717, 1.165) is 18.6 Å². The molecule has 1 aliphatic rings. The molecule has 1 heterocycles. The summed E-state index contributed by atoms with van der Waals surface area (Å²) in [7, 11) is 0. The molecule has 0 aromatic rings. The molecule has 0 spiro atoms. The van der Waals surface area contributed by atoms with Crippen molar-refractivity contribution in [2.24, 2.45) is 0 Å². The molecule has 0 aromatic carbocycles. The van der Waals surface area contributed by atoms with E-state index in [2.05, 4.69) is 25.7 Å². The van der Waals surface area contributed by atoms with Crippen molar-refractivity contribution in [1.29, 1.82) is 0 Å². The van der Waals surface area contributed by atoms with Crippen LogP contribution in [0.3, 0.4) is 0 Å². The summed E-state index contributed by atoms with van der Waals surface area (Å²) in [5, 5.41) is 0. The first-order valence-corrected chi connectivity index (χ1v) is 4.30. The molecule has 0 bridgehead atoms. The van der Waals surface area contributed by atoms with Gasteiger partial charge in [-0.25, -0.2) is 0 Å². The Bertz CT molecular complexity index is 90.9. The first-order valence-electron chi connectivity index (χ1n) is 4.30. The van der Waals surface area contributed by atoms with Crippen LogP contribution in [0.5, 0.6) is 0 Å². The normalized spacial score (nSPS) is 36.3. The molecule has 1 saturated heterocycles. The topological polar surface area (TPSA) is 3.24 Å². The van der Waals surface area contributed by atoms with Crippen LogP contribution in [0.1, 0.15) is 33.1 Å². The highest BCUT2D eigenvalue weighted by Crippen LogP contribution is 2.21. The number of nitrogens with zero attached hydrogens (tertiary/aromatic N) is 1. The number of piperidine rings is 1. The van der Waals surface area contributed by atoms with Crippen molar-refractivity contribution >= 4 is 0 Å². The number of hydrogen-bond donors (Lipinski definition) is 0. The van der Waals surface area contributed by atoms with Gasteiger partial charge in [0.25, 0.3) is 0 Å². The molecule has 1 aliphatic heterocycles. The third-order valence-corrected chi connectivity index (χ3v) is 2.63. The minimum Gasteiger partial charge on any atom is -0.298 e. The maximum Gasteiger partial charge on any atom is 0.00697 e. The van der Waals surface area contributed by atoms with Gasteiger partial charge in [-0.05, 0) is 40.2 Å².